The van der Waals surface area contributed by atoms with E-state index in [1.807, 2.05) is 12.1 Å². The van der Waals surface area contributed by atoms with Crippen LogP contribution in [0.4, 0.5) is 0 Å². The van der Waals surface area contributed by atoms with Crippen LogP contribution < -0.4 is 23.7 Å². The number of ketones is 1. The van der Waals surface area contributed by atoms with Gasteiger partial charge in [-0.3, -0.25) is 4.79 Å². The van der Waals surface area contributed by atoms with Crippen molar-refractivity contribution in [3.05, 3.63) is 81.0 Å². The van der Waals surface area contributed by atoms with E-state index < -0.39 is 5.97 Å². The normalized spacial score (nSPS) is 16.5. The summed E-state index contributed by atoms with van der Waals surface area (Å²) in [7, 11) is 0. The minimum absolute atomic E-state index is 0.114. The molecule has 3 aliphatic rings. The molecule has 8 nitrogen and oxygen atoms in total. The third-order valence-electron chi connectivity index (χ3n) is 5.45. The first-order chi connectivity index (χ1) is 16.5. The number of hydrogen-bond acceptors (Lipinski definition) is 8. The van der Waals surface area contributed by atoms with Gasteiger partial charge >= 0.3 is 5.97 Å². The van der Waals surface area contributed by atoms with E-state index in [9.17, 15) is 9.59 Å². The van der Waals surface area contributed by atoms with Crippen molar-refractivity contribution in [3.63, 3.8) is 0 Å². The van der Waals surface area contributed by atoms with E-state index in [0.717, 1.165) is 10.0 Å². The van der Waals surface area contributed by atoms with E-state index in [-0.39, 0.29) is 30.9 Å². The fourth-order valence-corrected chi connectivity index (χ4v) is 4.40. The number of benzene rings is 3. The molecular formula is C25H15BrO8. The van der Waals surface area contributed by atoms with Crippen molar-refractivity contribution in [2.24, 2.45) is 0 Å². The fourth-order valence-electron chi connectivity index (χ4n) is 3.88. The highest BCUT2D eigenvalue weighted by atomic mass is 79.9. The zero-order valence-electron chi connectivity index (χ0n) is 17.5. The molecule has 0 aliphatic carbocycles. The van der Waals surface area contributed by atoms with Crippen LogP contribution in [0.5, 0.6) is 28.7 Å². The number of fused-ring (bicyclic) bond motifs is 3. The Bertz CT molecular complexity index is 1390. The molecule has 0 saturated carbocycles. The number of allylic oxidation sites excluding steroid dienone is 1. The molecule has 0 spiro atoms. The van der Waals surface area contributed by atoms with Gasteiger partial charge in [-0.2, -0.15) is 0 Å². The second kappa shape index (κ2) is 8.19. The Hall–Kier alpha value is -3.82. The Morgan fingerprint density at radius 2 is 1.82 bits per heavy atom. The SMILES string of the molecule is O=C(Oc1ccc2c(c1)O/C(=C\c1cc(Br)cc3c1OCOC3)C2=O)c1ccc2c(c1)OCO2. The van der Waals surface area contributed by atoms with Crippen LogP contribution in [0.3, 0.4) is 0 Å². The Morgan fingerprint density at radius 1 is 0.941 bits per heavy atom. The largest absolute Gasteiger partial charge is 0.467 e. The van der Waals surface area contributed by atoms with E-state index >= 15 is 0 Å². The third kappa shape index (κ3) is 3.68. The summed E-state index contributed by atoms with van der Waals surface area (Å²) >= 11 is 3.47. The Kier molecular flexibility index (Phi) is 5.00. The summed E-state index contributed by atoms with van der Waals surface area (Å²) in [6, 6.07) is 13.2. The van der Waals surface area contributed by atoms with Gasteiger partial charge in [0.25, 0.3) is 0 Å². The quantitative estimate of drug-likeness (QED) is 0.273. The molecule has 0 bridgehead atoms. The van der Waals surface area contributed by atoms with Crippen LogP contribution in [-0.4, -0.2) is 25.3 Å². The first kappa shape index (κ1) is 20.8. The molecule has 0 unspecified atom stereocenters. The topological polar surface area (TPSA) is 89.5 Å². The van der Waals surface area contributed by atoms with Gasteiger partial charge in [-0.15, -0.1) is 0 Å². The summed E-state index contributed by atoms with van der Waals surface area (Å²) in [5.74, 6) is 1.55. The highest BCUT2D eigenvalue weighted by molar-refractivity contribution is 9.10. The molecule has 170 valence electrons. The summed E-state index contributed by atoms with van der Waals surface area (Å²) in [6.07, 6.45) is 1.63. The van der Waals surface area contributed by atoms with Crippen molar-refractivity contribution in [1.29, 1.82) is 0 Å². The minimum atomic E-state index is -0.571. The van der Waals surface area contributed by atoms with Gasteiger partial charge in [-0.1, -0.05) is 15.9 Å². The summed E-state index contributed by atoms with van der Waals surface area (Å²) in [4.78, 5) is 25.5. The van der Waals surface area contributed by atoms with Crippen LogP contribution in [-0.2, 0) is 11.3 Å². The molecule has 0 fully saturated rings. The molecule has 0 radical (unpaired) electrons. The van der Waals surface area contributed by atoms with E-state index in [1.54, 1.807) is 36.4 Å². The van der Waals surface area contributed by atoms with Crippen LogP contribution in [0, 0.1) is 0 Å². The van der Waals surface area contributed by atoms with E-state index in [2.05, 4.69) is 15.9 Å². The van der Waals surface area contributed by atoms with Crippen molar-refractivity contribution in [2.45, 2.75) is 6.61 Å². The maximum atomic E-state index is 12.9. The Balaban J connectivity index is 1.25. The van der Waals surface area contributed by atoms with E-state index in [0.29, 0.717) is 46.3 Å². The average Bonchev–Trinajstić information content (AvgIpc) is 3.42. The molecule has 3 aliphatic heterocycles. The summed E-state index contributed by atoms with van der Waals surface area (Å²) in [6.45, 7) is 0.665. The van der Waals surface area contributed by atoms with Crippen LogP contribution >= 0.6 is 15.9 Å². The second-order valence-corrected chi connectivity index (χ2v) is 8.56. The number of ether oxygens (including phenoxy) is 6. The van der Waals surface area contributed by atoms with E-state index in [4.69, 9.17) is 28.4 Å². The molecule has 0 saturated heterocycles. The number of carbonyl (C=O) groups is 2. The second-order valence-electron chi connectivity index (χ2n) is 7.65. The van der Waals surface area contributed by atoms with E-state index in [1.165, 1.54) is 6.07 Å². The van der Waals surface area contributed by atoms with Crippen molar-refractivity contribution in [1.82, 2.24) is 0 Å². The maximum Gasteiger partial charge on any atom is 0.343 e. The number of hydrogen-bond donors (Lipinski definition) is 0. The van der Waals surface area contributed by atoms with Gasteiger partial charge < -0.3 is 28.4 Å². The van der Waals surface area contributed by atoms with Crippen molar-refractivity contribution >= 4 is 33.8 Å². The van der Waals surface area contributed by atoms with Gasteiger partial charge in [-0.05, 0) is 48.5 Å². The van der Waals surface area contributed by atoms with Crippen LogP contribution in [0.2, 0.25) is 0 Å². The lowest BCUT2D eigenvalue weighted by atomic mass is 10.1. The number of carbonyl (C=O) groups excluding carboxylic acids is 2. The lowest BCUT2D eigenvalue weighted by Gasteiger charge is -2.20. The highest BCUT2D eigenvalue weighted by Gasteiger charge is 2.29. The first-order valence-electron chi connectivity index (χ1n) is 10.3. The van der Waals surface area contributed by atoms with Crippen molar-refractivity contribution in [3.8, 4) is 28.7 Å². The highest BCUT2D eigenvalue weighted by Crippen LogP contribution is 2.38. The Labute approximate surface area is 201 Å². The Morgan fingerprint density at radius 3 is 2.74 bits per heavy atom. The molecule has 0 atom stereocenters. The number of rotatable bonds is 3. The molecule has 3 aromatic carbocycles. The fraction of sp³-hybridized carbons (Fsp3) is 0.120. The number of Topliss-reactive ketones (excluding diaryl/α,β-unsaturated/α-hetero) is 1. The molecular weight excluding hydrogens is 508 g/mol. The summed E-state index contributed by atoms with van der Waals surface area (Å²) < 4.78 is 33.7. The smallest absolute Gasteiger partial charge is 0.343 e. The number of halogens is 1. The van der Waals surface area contributed by atoms with Crippen LogP contribution in [0.15, 0.2) is 58.8 Å². The molecule has 3 aromatic rings. The molecule has 0 amide bonds. The molecule has 0 aromatic heterocycles. The molecule has 3 heterocycles. The van der Waals surface area contributed by atoms with Crippen LogP contribution in [0.1, 0.15) is 31.8 Å². The van der Waals surface area contributed by atoms with Crippen molar-refractivity contribution in [2.75, 3.05) is 13.6 Å². The molecule has 34 heavy (non-hydrogen) atoms. The first-order valence-corrected chi connectivity index (χ1v) is 11.1. The minimum Gasteiger partial charge on any atom is -0.467 e. The van der Waals surface area contributed by atoms with Gasteiger partial charge in [-0.25, -0.2) is 4.79 Å². The molecule has 6 rings (SSSR count). The summed E-state index contributed by atoms with van der Waals surface area (Å²) in [5.41, 5.74) is 2.25. The van der Waals surface area contributed by atoms with Gasteiger partial charge in [0.1, 0.15) is 17.2 Å². The van der Waals surface area contributed by atoms with Gasteiger partial charge in [0.05, 0.1) is 17.7 Å². The predicted molar refractivity (Wildman–Crippen MR) is 121 cm³/mol. The zero-order chi connectivity index (χ0) is 23.2. The third-order valence-corrected chi connectivity index (χ3v) is 5.91. The lowest BCUT2D eigenvalue weighted by molar-refractivity contribution is -0.0165. The standard InChI is InChI=1S/C25H15BrO8/c26-16-5-14(24-15(6-16)10-29-11-32-24)8-22-23(27)18-3-2-17(9-20(18)34-22)33-25(28)13-1-4-19-21(7-13)31-12-30-19/h1-9H,10-12H2/b22-8-. The van der Waals surface area contributed by atoms with Crippen molar-refractivity contribution < 1.29 is 38.0 Å². The predicted octanol–water partition coefficient (Wildman–Crippen LogP) is 4.88. The molecule has 0 N–H and O–H groups in total. The maximum absolute atomic E-state index is 12.9. The summed E-state index contributed by atoms with van der Waals surface area (Å²) in [5, 5.41) is 0. The average molecular weight is 523 g/mol. The zero-order valence-corrected chi connectivity index (χ0v) is 19.0. The van der Waals surface area contributed by atoms with Gasteiger partial charge in [0, 0.05) is 21.7 Å². The number of esters is 1. The van der Waals surface area contributed by atoms with Gasteiger partial charge in [0.2, 0.25) is 12.6 Å². The monoisotopic (exact) mass is 522 g/mol. The molecule has 9 heteroatoms. The van der Waals surface area contributed by atoms with Crippen LogP contribution in [0.25, 0.3) is 6.08 Å². The lowest BCUT2D eigenvalue weighted by Crippen LogP contribution is -2.12. The van der Waals surface area contributed by atoms with Gasteiger partial charge in [0.15, 0.2) is 24.1 Å².